The first-order valence-corrected chi connectivity index (χ1v) is 8.17. The molecule has 112 valence electrons. The first kappa shape index (κ1) is 13.9. The molecule has 0 aromatic rings. The molecule has 0 bridgehead atoms. The second-order valence-electron chi connectivity index (χ2n) is 7.07. The summed E-state index contributed by atoms with van der Waals surface area (Å²) in [4.78, 5) is 27.3. The molecule has 3 fully saturated rings. The number of nitrogens with zero attached hydrogens (tertiary/aromatic N) is 1. The van der Waals surface area contributed by atoms with Gasteiger partial charge in [0.05, 0.1) is 0 Å². The molecule has 3 aliphatic rings. The number of piperazine rings is 1. The minimum absolute atomic E-state index is 0.0535. The van der Waals surface area contributed by atoms with Gasteiger partial charge < -0.3 is 10.2 Å². The standard InChI is InChI=1S/C16H26N2O2/c1-4-12-16(20)18(13(9(2)3)15(19)17-12)14(10-5-6-10)11-7-8-11/h9-14H,4-8H2,1-3H3,(H,17,19). The van der Waals surface area contributed by atoms with Crippen LogP contribution in [0.25, 0.3) is 0 Å². The van der Waals surface area contributed by atoms with E-state index in [1.54, 1.807) is 0 Å². The van der Waals surface area contributed by atoms with E-state index in [1.807, 2.05) is 25.7 Å². The molecule has 4 heteroatoms. The van der Waals surface area contributed by atoms with Gasteiger partial charge in [0, 0.05) is 6.04 Å². The van der Waals surface area contributed by atoms with Gasteiger partial charge in [-0.3, -0.25) is 9.59 Å². The fourth-order valence-corrected chi connectivity index (χ4v) is 3.71. The summed E-state index contributed by atoms with van der Waals surface area (Å²) < 4.78 is 0. The molecule has 2 atom stereocenters. The first-order chi connectivity index (χ1) is 9.54. The molecular formula is C16H26N2O2. The molecule has 2 aliphatic carbocycles. The van der Waals surface area contributed by atoms with Crippen LogP contribution in [0.1, 0.15) is 52.9 Å². The average molecular weight is 278 g/mol. The Bertz CT molecular complexity index is 401. The Morgan fingerprint density at radius 1 is 1.15 bits per heavy atom. The fraction of sp³-hybridized carbons (Fsp3) is 0.875. The summed E-state index contributed by atoms with van der Waals surface area (Å²) in [5.41, 5.74) is 0. The topological polar surface area (TPSA) is 49.4 Å². The lowest BCUT2D eigenvalue weighted by atomic mass is 9.91. The van der Waals surface area contributed by atoms with Gasteiger partial charge in [0.15, 0.2) is 0 Å². The second-order valence-corrected chi connectivity index (χ2v) is 7.07. The summed E-state index contributed by atoms with van der Waals surface area (Å²) >= 11 is 0. The van der Waals surface area contributed by atoms with Gasteiger partial charge in [0.25, 0.3) is 0 Å². The number of amides is 2. The van der Waals surface area contributed by atoms with E-state index in [-0.39, 0.29) is 29.8 Å². The van der Waals surface area contributed by atoms with Crippen LogP contribution in [0.4, 0.5) is 0 Å². The summed E-state index contributed by atoms with van der Waals surface area (Å²) in [6.07, 6.45) is 5.61. The Morgan fingerprint density at radius 2 is 1.70 bits per heavy atom. The van der Waals surface area contributed by atoms with E-state index in [0.717, 1.165) is 0 Å². The third kappa shape index (κ3) is 2.33. The summed E-state index contributed by atoms with van der Waals surface area (Å²) in [5.74, 6) is 1.69. The Morgan fingerprint density at radius 3 is 2.10 bits per heavy atom. The molecule has 4 nitrogen and oxygen atoms in total. The second kappa shape index (κ2) is 5.05. The zero-order chi connectivity index (χ0) is 14.4. The molecule has 1 aliphatic heterocycles. The van der Waals surface area contributed by atoms with Gasteiger partial charge in [-0.15, -0.1) is 0 Å². The zero-order valence-electron chi connectivity index (χ0n) is 12.8. The minimum atomic E-state index is -0.308. The van der Waals surface area contributed by atoms with Crippen molar-refractivity contribution in [2.45, 2.75) is 71.0 Å². The molecular weight excluding hydrogens is 252 g/mol. The number of nitrogens with one attached hydrogen (secondary N) is 1. The summed E-state index contributed by atoms with van der Waals surface area (Å²) in [6.45, 7) is 6.07. The third-order valence-corrected chi connectivity index (χ3v) is 5.01. The van der Waals surface area contributed by atoms with E-state index < -0.39 is 0 Å². The van der Waals surface area contributed by atoms with E-state index in [1.165, 1.54) is 25.7 Å². The average Bonchev–Trinajstić information content (AvgIpc) is 3.25. The quantitative estimate of drug-likeness (QED) is 0.835. The van der Waals surface area contributed by atoms with Crippen molar-refractivity contribution in [3.05, 3.63) is 0 Å². The molecule has 1 heterocycles. The lowest BCUT2D eigenvalue weighted by Gasteiger charge is -2.45. The maximum Gasteiger partial charge on any atom is 0.246 e. The van der Waals surface area contributed by atoms with Crippen LogP contribution >= 0.6 is 0 Å². The SMILES string of the molecule is CCC1NC(=O)C(C(C)C)N(C(C2CC2)C2CC2)C1=O. The van der Waals surface area contributed by atoms with Crippen molar-refractivity contribution in [2.24, 2.45) is 17.8 Å². The predicted octanol–water partition coefficient (Wildman–Crippen LogP) is 1.94. The minimum Gasteiger partial charge on any atom is -0.343 e. The molecule has 0 aromatic heterocycles. The lowest BCUT2D eigenvalue weighted by Crippen LogP contribution is -2.67. The molecule has 1 N–H and O–H groups in total. The maximum atomic E-state index is 12.8. The van der Waals surface area contributed by atoms with Crippen LogP contribution in [0.5, 0.6) is 0 Å². The summed E-state index contributed by atoms with van der Waals surface area (Å²) in [6, 6.07) is -0.246. The zero-order valence-corrected chi connectivity index (χ0v) is 12.8. The van der Waals surface area contributed by atoms with Crippen molar-refractivity contribution in [1.82, 2.24) is 10.2 Å². The fourth-order valence-electron chi connectivity index (χ4n) is 3.71. The van der Waals surface area contributed by atoms with Crippen molar-refractivity contribution in [2.75, 3.05) is 0 Å². The largest absolute Gasteiger partial charge is 0.343 e. The number of hydrogen-bond acceptors (Lipinski definition) is 2. The summed E-state index contributed by atoms with van der Waals surface area (Å²) in [5, 5.41) is 2.92. The highest BCUT2D eigenvalue weighted by molar-refractivity contribution is 5.97. The van der Waals surface area contributed by atoms with Gasteiger partial charge in [0.1, 0.15) is 12.1 Å². The third-order valence-electron chi connectivity index (χ3n) is 5.01. The number of carbonyl (C=O) groups excluding carboxylic acids is 2. The molecule has 0 radical (unpaired) electrons. The number of rotatable bonds is 5. The van der Waals surface area contributed by atoms with Crippen LogP contribution in [-0.4, -0.2) is 34.8 Å². The highest BCUT2D eigenvalue weighted by Gasteiger charge is 2.52. The number of carbonyl (C=O) groups is 2. The van der Waals surface area contributed by atoms with Gasteiger partial charge in [-0.25, -0.2) is 0 Å². The van der Waals surface area contributed by atoms with Crippen molar-refractivity contribution in [3.8, 4) is 0 Å². The molecule has 1 saturated heterocycles. The highest BCUT2D eigenvalue weighted by Crippen LogP contribution is 2.48. The molecule has 2 unspecified atom stereocenters. The van der Waals surface area contributed by atoms with Crippen molar-refractivity contribution < 1.29 is 9.59 Å². The summed E-state index contributed by atoms with van der Waals surface area (Å²) in [7, 11) is 0. The van der Waals surface area contributed by atoms with Gasteiger partial charge in [0.2, 0.25) is 11.8 Å². The van der Waals surface area contributed by atoms with Crippen LogP contribution in [-0.2, 0) is 9.59 Å². The molecule has 0 aromatic carbocycles. The Hall–Kier alpha value is -1.06. The highest BCUT2D eigenvalue weighted by atomic mass is 16.2. The monoisotopic (exact) mass is 278 g/mol. The van der Waals surface area contributed by atoms with Crippen molar-refractivity contribution >= 4 is 11.8 Å². The smallest absolute Gasteiger partial charge is 0.246 e. The molecule has 2 amide bonds. The van der Waals surface area contributed by atoms with E-state index in [4.69, 9.17) is 0 Å². The van der Waals surface area contributed by atoms with Gasteiger partial charge in [-0.05, 0) is 49.9 Å². The Balaban J connectivity index is 1.91. The van der Waals surface area contributed by atoms with Crippen LogP contribution in [0, 0.1) is 17.8 Å². The normalized spacial score (nSPS) is 31.1. The Labute approximate surface area is 121 Å². The van der Waals surface area contributed by atoms with Crippen molar-refractivity contribution in [3.63, 3.8) is 0 Å². The predicted molar refractivity (Wildman–Crippen MR) is 76.9 cm³/mol. The van der Waals surface area contributed by atoms with E-state index in [2.05, 4.69) is 5.32 Å². The van der Waals surface area contributed by atoms with E-state index in [0.29, 0.717) is 24.3 Å². The molecule has 20 heavy (non-hydrogen) atoms. The van der Waals surface area contributed by atoms with Crippen LogP contribution < -0.4 is 5.32 Å². The molecule has 2 saturated carbocycles. The molecule has 3 rings (SSSR count). The van der Waals surface area contributed by atoms with Crippen molar-refractivity contribution in [1.29, 1.82) is 0 Å². The maximum absolute atomic E-state index is 12.8. The van der Waals surface area contributed by atoms with Gasteiger partial charge in [-0.1, -0.05) is 20.8 Å². The Kier molecular flexibility index (Phi) is 3.51. The van der Waals surface area contributed by atoms with E-state index in [9.17, 15) is 9.59 Å². The van der Waals surface area contributed by atoms with Gasteiger partial charge >= 0.3 is 0 Å². The lowest BCUT2D eigenvalue weighted by molar-refractivity contribution is -0.155. The van der Waals surface area contributed by atoms with E-state index >= 15 is 0 Å². The van der Waals surface area contributed by atoms with Gasteiger partial charge in [-0.2, -0.15) is 0 Å². The van der Waals surface area contributed by atoms with Crippen LogP contribution in [0.15, 0.2) is 0 Å². The number of hydrogen-bond donors (Lipinski definition) is 1. The van der Waals surface area contributed by atoms with Crippen LogP contribution in [0.3, 0.4) is 0 Å². The first-order valence-electron chi connectivity index (χ1n) is 8.17. The molecule has 0 spiro atoms. The van der Waals surface area contributed by atoms with Crippen LogP contribution in [0.2, 0.25) is 0 Å².